The predicted octanol–water partition coefficient (Wildman–Crippen LogP) is 3.20. The summed E-state index contributed by atoms with van der Waals surface area (Å²) in [5.74, 6) is -1.23. The molecule has 3 rings (SSSR count). The van der Waals surface area contributed by atoms with Crippen molar-refractivity contribution in [2.75, 3.05) is 5.32 Å². The van der Waals surface area contributed by atoms with Gasteiger partial charge >= 0.3 is 0 Å². The van der Waals surface area contributed by atoms with Crippen LogP contribution in [-0.2, 0) is 21.2 Å². The fraction of sp³-hybridized carbons (Fsp3) is 0.300. The monoisotopic (exact) mass is 386 g/mol. The number of unbranched alkanes of at least 4 members (excludes halogenated alkanes) is 1. The molecule has 0 radical (unpaired) electrons. The van der Waals surface area contributed by atoms with E-state index in [0.29, 0.717) is 9.99 Å². The smallest absolute Gasteiger partial charge is 0.269 e. The van der Waals surface area contributed by atoms with Gasteiger partial charge < -0.3 is 5.32 Å². The number of amides is 2. The number of rotatable bonds is 6. The summed E-state index contributed by atoms with van der Waals surface area (Å²) in [5.41, 5.74) is 1.83. The molecule has 0 saturated heterocycles. The zero-order chi connectivity index (χ0) is 19.6. The maximum atomic E-state index is 12.7. The Morgan fingerprint density at radius 3 is 2.41 bits per heavy atom. The molecule has 2 aromatic rings. The summed E-state index contributed by atoms with van der Waals surface area (Å²) in [4.78, 5) is 25.0. The Balaban J connectivity index is 1.75. The molecule has 0 fully saturated rings. The normalized spacial score (nSPS) is 16.1. The number of hydrogen-bond donors (Lipinski definition) is 1. The quantitative estimate of drug-likeness (QED) is 0.826. The van der Waals surface area contributed by atoms with E-state index in [9.17, 15) is 18.0 Å². The molecule has 2 amide bonds. The van der Waals surface area contributed by atoms with Crippen LogP contribution in [-0.4, -0.2) is 30.6 Å². The van der Waals surface area contributed by atoms with Crippen molar-refractivity contribution < 1.29 is 18.0 Å². The van der Waals surface area contributed by atoms with Crippen LogP contribution in [0.15, 0.2) is 53.4 Å². The van der Waals surface area contributed by atoms with Gasteiger partial charge in [0.15, 0.2) is 0 Å². The zero-order valence-corrected chi connectivity index (χ0v) is 16.1. The van der Waals surface area contributed by atoms with Crippen LogP contribution >= 0.6 is 0 Å². The van der Waals surface area contributed by atoms with Gasteiger partial charge in [0.2, 0.25) is 5.91 Å². The molecule has 0 aliphatic carbocycles. The van der Waals surface area contributed by atoms with Crippen molar-refractivity contribution in [1.82, 2.24) is 4.31 Å². The fourth-order valence-electron chi connectivity index (χ4n) is 3.07. The van der Waals surface area contributed by atoms with Gasteiger partial charge in [-0.3, -0.25) is 9.59 Å². The molecule has 0 bridgehead atoms. The number of fused-ring (bicyclic) bond motifs is 1. The highest BCUT2D eigenvalue weighted by Gasteiger charge is 2.45. The lowest BCUT2D eigenvalue weighted by atomic mass is 10.1. The summed E-state index contributed by atoms with van der Waals surface area (Å²) >= 11 is 0. The van der Waals surface area contributed by atoms with Crippen LogP contribution in [0.25, 0.3) is 0 Å². The summed E-state index contributed by atoms with van der Waals surface area (Å²) in [5, 5.41) is 2.69. The minimum Gasteiger partial charge on any atom is -0.324 e. The number of nitrogens with zero attached hydrogens (tertiary/aromatic N) is 1. The molecule has 1 atom stereocenters. The minimum absolute atomic E-state index is 0.0603. The Morgan fingerprint density at radius 2 is 1.78 bits per heavy atom. The van der Waals surface area contributed by atoms with E-state index in [1.807, 2.05) is 12.1 Å². The van der Waals surface area contributed by atoms with Crippen molar-refractivity contribution in [2.24, 2.45) is 0 Å². The molecule has 1 N–H and O–H groups in total. The number of sulfonamides is 1. The second-order valence-corrected chi connectivity index (χ2v) is 8.35. The summed E-state index contributed by atoms with van der Waals surface area (Å²) in [7, 11) is -4.03. The first-order chi connectivity index (χ1) is 12.9. The van der Waals surface area contributed by atoms with Gasteiger partial charge in [0.1, 0.15) is 10.9 Å². The fourth-order valence-corrected chi connectivity index (χ4v) is 4.80. The molecule has 1 aliphatic rings. The molecular weight excluding hydrogens is 364 g/mol. The third-order valence-electron chi connectivity index (χ3n) is 4.63. The standard InChI is InChI=1S/C20H22N2O4S/c1-3-4-7-15-10-12-16(13-11-15)21-19(23)14(2)22-20(24)17-8-5-6-9-18(17)27(22,25)26/h5-6,8-14H,3-4,7H2,1-2H3,(H,21,23)/t14-/m1/s1. The average molecular weight is 386 g/mol. The second kappa shape index (κ2) is 7.52. The highest BCUT2D eigenvalue weighted by atomic mass is 32.2. The Bertz CT molecular complexity index is 968. The average Bonchev–Trinajstić information content (AvgIpc) is 2.87. The van der Waals surface area contributed by atoms with Crippen molar-refractivity contribution in [3.05, 3.63) is 59.7 Å². The van der Waals surface area contributed by atoms with Crippen LogP contribution in [0.4, 0.5) is 5.69 Å². The Hall–Kier alpha value is -2.67. The molecule has 0 unspecified atom stereocenters. The van der Waals surface area contributed by atoms with E-state index in [4.69, 9.17) is 0 Å². The number of anilines is 1. The molecular formula is C20H22N2O4S. The molecule has 1 heterocycles. The molecule has 7 heteroatoms. The number of aryl methyl sites for hydroxylation is 1. The molecule has 6 nitrogen and oxygen atoms in total. The number of carbonyl (C=O) groups is 2. The maximum Gasteiger partial charge on any atom is 0.269 e. The first kappa shape index (κ1) is 19.1. The van der Waals surface area contributed by atoms with E-state index in [0.717, 1.165) is 19.3 Å². The molecule has 2 aromatic carbocycles. The van der Waals surface area contributed by atoms with Crippen molar-refractivity contribution in [3.8, 4) is 0 Å². The second-order valence-electron chi connectivity index (χ2n) is 6.57. The zero-order valence-electron chi connectivity index (χ0n) is 15.3. The van der Waals surface area contributed by atoms with E-state index >= 15 is 0 Å². The van der Waals surface area contributed by atoms with Crippen LogP contribution in [0.2, 0.25) is 0 Å². The Morgan fingerprint density at radius 1 is 1.11 bits per heavy atom. The maximum absolute atomic E-state index is 12.7. The predicted molar refractivity (Wildman–Crippen MR) is 103 cm³/mol. The van der Waals surface area contributed by atoms with E-state index in [-0.39, 0.29) is 10.5 Å². The minimum atomic E-state index is -4.03. The van der Waals surface area contributed by atoms with E-state index in [1.165, 1.54) is 24.6 Å². The van der Waals surface area contributed by atoms with Gasteiger partial charge in [-0.1, -0.05) is 37.6 Å². The van der Waals surface area contributed by atoms with Gasteiger partial charge in [-0.15, -0.1) is 0 Å². The van der Waals surface area contributed by atoms with E-state index < -0.39 is 27.9 Å². The molecule has 0 spiro atoms. The highest BCUT2D eigenvalue weighted by molar-refractivity contribution is 7.90. The van der Waals surface area contributed by atoms with Crippen molar-refractivity contribution in [3.63, 3.8) is 0 Å². The third-order valence-corrected chi connectivity index (χ3v) is 6.54. The number of hydrogen-bond acceptors (Lipinski definition) is 4. The van der Waals surface area contributed by atoms with E-state index in [1.54, 1.807) is 24.3 Å². The number of benzene rings is 2. The molecule has 0 saturated carbocycles. The summed E-state index contributed by atoms with van der Waals surface area (Å²) in [6.07, 6.45) is 3.18. The van der Waals surface area contributed by atoms with Crippen LogP contribution in [0.5, 0.6) is 0 Å². The van der Waals surface area contributed by atoms with Crippen LogP contribution in [0, 0.1) is 0 Å². The molecule has 1 aliphatic heterocycles. The van der Waals surface area contributed by atoms with Crippen molar-refractivity contribution in [2.45, 2.75) is 44.0 Å². The van der Waals surface area contributed by atoms with Gasteiger partial charge in [-0.25, -0.2) is 12.7 Å². The lowest BCUT2D eigenvalue weighted by Crippen LogP contribution is -2.45. The molecule has 142 valence electrons. The van der Waals surface area contributed by atoms with Crippen LogP contribution in [0.1, 0.15) is 42.6 Å². The third kappa shape index (κ3) is 3.60. The lowest BCUT2D eigenvalue weighted by molar-refractivity contribution is -0.118. The first-order valence-electron chi connectivity index (χ1n) is 8.94. The summed E-state index contributed by atoms with van der Waals surface area (Å²) in [6, 6.07) is 12.3. The van der Waals surface area contributed by atoms with Gasteiger partial charge in [0.25, 0.3) is 15.9 Å². The number of nitrogens with one attached hydrogen (secondary N) is 1. The van der Waals surface area contributed by atoms with Gasteiger partial charge in [-0.2, -0.15) is 0 Å². The summed E-state index contributed by atoms with van der Waals surface area (Å²) < 4.78 is 26.0. The van der Waals surface area contributed by atoms with Gasteiger partial charge in [-0.05, 0) is 49.6 Å². The largest absolute Gasteiger partial charge is 0.324 e. The topological polar surface area (TPSA) is 83.6 Å². The van der Waals surface area contributed by atoms with Crippen LogP contribution < -0.4 is 5.32 Å². The lowest BCUT2D eigenvalue weighted by Gasteiger charge is -2.22. The Kier molecular flexibility index (Phi) is 5.32. The highest BCUT2D eigenvalue weighted by Crippen LogP contribution is 2.31. The SMILES string of the molecule is CCCCc1ccc(NC(=O)[C@@H](C)N2C(=O)c3ccccc3S2(=O)=O)cc1. The van der Waals surface area contributed by atoms with Crippen molar-refractivity contribution >= 4 is 27.5 Å². The molecule has 27 heavy (non-hydrogen) atoms. The van der Waals surface area contributed by atoms with Gasteiger partial charge in [0, 0.05) is 5.69 Å². The van der Waals surface area contributed by atoms with Crippen LogP contribution in [0.3, 0.4) is 0 Å². The Labute approximate surface area is 159 Å². The van der Waals surface area contributed by atoms with E-state index in [2.05, 4.69) is 12.2 Å². The van der Waals surface area contributed by atoms with Crippen molar-refractivity contribution in [1.29, 1.82) is 0 Å². The summed E-state index contributed by atoms with van der Waals surface area (Å²) in [6.45, 7) is 3.54. The number of carbonyl (C=O) groups excluding carboxylic acids is 2. The molecule has 0 aromatic heterocycles. The van der Waals surface area contributed by atoms with Gasteiger partial charge in [0.05, 0.1) is 5.56 Å². The first-order valence-corrected chi connectivity index (χ1v) is 10.4.